The molecule has 1 aliphatic rings. The van der Waals surface area contributed by atoms with E-state index < -0.39 is 0 Å². The fourth-order valence-electron chi connectivity index (χ4n) is 3.11. The summed E-state index contributed by atoms with van der Waals surface area (Å²) in [5.74, 6) is -0.411. The van der Waals surface area contributed by atoms with Gasteiger partial charge in [-0.3, -0.25) is 9.69 Å². The second-order valence-corrected chi connectivity index (χ2v) is 7.65. The van der Waals surface area contributed by atoms with Crippen molar-refractivity contribution in [3.63, 3.8) is 0 Å². The Kier molecular flexibility index (Phi) is 4.57. The Bertz CT molecular complexity index is 1100. The van der Waals surface area contributed by atoms with Gasteiger partial charge in [0, 0.05) is 40.7 Å². The number of amides is 1. The van der Waals surface area contributed by atoms with E-state index in [0.717, 1.165) is 26.5 Å². The van der Waals surface area contributed by atoms with E-state index in [1.54, 1.807) is 19.2 Å². The molecular weight excluding hydrogens is 429 g/mol. The smallest absolute Gasteiger partial charge is 0.276 e. The maximum atomic E-state index is 13.2. The van der Waals surface area contributed by atoms with Gasteiger partial charge >= 0.3 is 0 Å². The lowest BCUT2D eigenvalue weighted by Crippen LogP contribution is -2.25. The van der Waals surface area contributed by atoms with Gasteiger partial charge in [-0.25, -0.2) is 4.39 Å². The van der Waals surface area contributed by atoms with E-state index in [9.17, 15) is 9.18 Å². The Hall–Kier alpha value is -2.51. The maximum absolute atomic E-state index is 13.2. The predicted octanol–water partition coefficient (Wildman–Crippen LogP) is 4.28. The molecule has 1 saturated heterocycles. The van der Waals surface area contributed by atoms with Crippen LogP contribution in [0.3, 0.4) is 0 Å². The molecule has 2 heterocycles. The first-order valence-electron chi connectivity index (χ1n) is 8.26. The van der Waals surface area contributed by atoms with Crippen LogP contribution in [-0.2, 0) is 11.3 Å². The number of carbonyl (C=O) groups is 1. The molecule has 7 heteroatoms. The molecular formula is C20H15BrFN3OS. The number of carbonyl (C=O) groups excluding carboxylic acids is 1. The second kappa shape index (κ2) is 6.90. The molecule has 0 atom stereocenters. The number of rotatable bonds is 3. The van der Waals surface area contributed by atoms with Gasteiger partial charge in [0.2, 0.25) is 0 Å². The fourth-order valence-corrected chi connectivity index (χ4v) is 3.66. The largest absolute Gasteiger partial charge is 0.342 e. The van der Waals surface area contributed by atoms with Gasteiger partial charge in [-0.2, -0.15) is 0 Å². The molecule has 1 amide bonds. The number of nitrogens with one attached hydrogen (secondary N) is 1. The number of hydrogen-bond donors (Lipinski definition) is 1. The van der Waals surface area contributed by atoms with E-state index in [4.69, 9.17) is 12.2 Å². The molecule has 0 radical (unpaired) electrons. The average Bonchev–Trinajstić information content (AvgIpc) is 3.09. The fraction of sp³-hybridized carbons (Fsp3) is 0.100. The standard InChI is InChI=1S/C20H15BrFN3OS/c1-24-19(26)17(23-20(24)27)8-13-11-25(10-12-2-5-15(22)6-3-12)18-7-4-14(21)9-16(13)18/h2-9,11H,10H2,1H3,(H,23,27)/b17-8-. The Morgan fingerprint density at radius 1 is 1.22 bits per heavy atom. The number of thiocarbonyl (C=S) groups is 1. The lowest BCUT2D eigenvalue weighted by molar-refractivity contribution is -0.121. The molecule has 27 heavy (non-hydrogen) atoms. The van der Waals surface area contributed by atoms with Gasteiger partial charge < -0.3 is 9.88 Å². The molecule has 0 bridgehead atoms. The van der Waals surface area contributed by atoms with Gasteiger partial charge in [0.25, 0.3) is 5.91 Å². The summed E-state index contributed by atoms with van der Waals surface area (Å²) in [4.78, 5) is 13.7. The molecule has 1 N–H and O–H groups in total. The molecule has 1 fully saturated rings. The van der Waals surface area contributed by atoms with Crippen molar-refractivity contribution >= 4 is 56.1 Å². The lowest BCUT2D eigenvalue weighted by Gasteiger charge is -2.05. The summed E-state index contributed by atoms with van der Waals surface area (Å²) in [6, 6.07) is 12.5. The average molecular weight is 444 g/mol. The molecule has 0 aliphatic carbocycles. The van der Waals surface area contributed by atoms with E-state index in [2.05, 4.69) is 25.8 Å². The summed E-state index contributed by atoms with van der Waals surface area (Å²) in [6.07, 6.45) is 3.80. The minimum Gasteiger partial charge on any atom is -0.342 e. The summed E-state index contributed by atoms with van der Waals surface area (Å²) in [7, 11) is 1.65. The van der Waals surface area contributed by atoms with Gasteiger partial charge in [-0.15, -0.1) is 0 Å². The molecule has 0 saturated carbocycles. The SMILES string of the molecule is CN1C(=O)/C(=C/c2cn(Cc3ccc(F)cc3)c3ccc(Br)cc23)NC1=S. The van der Waals surface area contributed by atoms with Crippen molar-refractivity contribution < 1.29 is 9.18 Å². The highest BCUT2D eigenvalue weighted by atomic mass is 79.9. The highest BCUT2D eigenvalue weighted by molar-refractivity contribution is 9.10. The van der Waals surface area contributed by atoms with Crippen molar-refractivity contribution in [3.8, 4) is 0 Å². The normalized spacial score (nSPS) is 15.8. The van der Waals surface area contributed by atoms with Crippen LogP contribution in [0.4, 0.5) is 4.39 Å². The third kappa shape index (κ3) is 3.40. The molecule has 3 aromatic rings. The molecule has 0 unspecified atom stereocenters. The number of halogens is 2. The van der Waals surface area contributed by atoms with Crippen LogP contribution in [-0.4, -0.2) is 27.5 Å². The van der Waals surface area contributed by atoms with Crippen LogP contribution in [0.2, 0.25) is 0 Å². The monoisotopic (exact) mass is 443 g/mol. The van der Waals surface area contributed by atoms with Gasteiger partial charge in [0.1, 0.15) is 11.5 Å². The van der Waals surface area contributed by atoms with Crippen molar-refractivity contribution in [1.82, 2.24) is 14.8 Å². The van der Waals surface area contributed by atoms with Crippen LogP contribution in [0.5, 0.6) is 0 Å². The van der Waals surface area contributed by atoms with Crippen molar-refractivity contribution in [2.75, 3.05) is 7.05 Å². The Labute approximate surface area is 169 Å². The molecule has 2 aromatic carbocycles. The Balaban J connectivity index is 1.79. The van der Waals surface area contributed by atoms with Gasteiger partial charge in [-0.1, -0.05) is 28.1 Å². The van der Waals surface area contributed by atoms with Crippen LogP contribution >= 0.6 is 28.1 Å². The molecule has 4 rings (SSSR count). The quantitative estimate of drug-likeness (QED) is 0.484. The van der Waals surface area contributed by atoms with Gasteiger partial charge in [0.15, 0.2) is 5.11 Å². The third-order valence-corrected chi connectivity index (χ3v) is 5.39. The Morgan fingerprint density at radius 2 is 1.96 bits per heavy atom. The first-order chi connectivity index (χ1) is 12.9. The first kappa shape index (κ1) is 17.9. The maximum Gasteiger partial charge on any atom is 0.276 e. The summed E-state index contributed by atoms with van der Waals surface area (Å²) in [5.41, 5.74) is 3.37. The number of hydrogen-bond acceptors (Lipinski definition) is 2. The van der Waals surface area contributed by atoms with Crippen LogP contribution in [0, 0.1) is 5.82 Å². The topological polar surface area (TPSA) is 37.3 Å². The summed E-state index contributed by atoms with van der Waals surface area (Å²) in [6.45, 7) is 0.598. The van der Waals surface area contributed by atoms with Crippen molar-refractivity contribution in [2.24, 2.45) is 0 Å². The van der Waals surface area contributed by atoms with Crippen molar-refractivity contribution in [2.45, 2.75) is 6.54 Å². The van der Waals surface area contributed by atoms with Crippen LogP contribution in [0.1, 0.15) is 11.1 Å². The highest BCUT2D eigenvalue weighted by Gasteiger charge is 2.27. The zero-order valence-corrected chi connectivity index (χ0v) is 16.8. The van der Waals surface area contributed by atoms with Crippen LogP contribution < -0.4 is 5.32 Å². The minimum atomic E-state index is -0.253. The first-order valence-corrected chi connectivity index (χ1v) is 9.46. The zero-order valence-electron chi connectivity index (χ0n) is 14.4. The second-order valence-electron chi connectivity index (χ2n) is 6.35. The van der Waals surface area contributed by atoms with E-state index in [-0.39, 0.29) is 11.7 Å². The summed E-state index contributed by atoms with van der Waals surface area (Å²) < 4.78 is 16.2. The number of benzene rings is 2. The van der Waals surface area contributed by atoms with Crippen LogP contribution in [0.25, 0.3) is 17.0 Å². The van der Waals surface area contributed by atoms with Crippen LogP contribution in [0.15, 0.2) is 58.8 Å². The van der Waals surface area contributed by atoms with E-state index in [0.29, 0.717) is 17.4 Å². The lowest BCUT2D eigenvalue weighted by atomic mass is 10.1. The summed E-state index contributed by atoms with van der Waals surface area (Å²) >= 11 is 8.65. The number of nitrogens with zero attached hydrogens (tertiary/aromatic N) is 2. The Morgan fingerprint density at radius 3 is 2.63 bits per heavy atom. The van der Waals surface area contributed by atoms with E-state index in [1.807, 2.05) is 30.5 Å². The minimum absolute atomic E-state index is 0.158. The predicted molar refractivity (Wildman–Crippen MR) is 112 cm³/mol. The van der Waals surface area contributed by atoms with Crippen molar-refractivity contribution in [3.05, 3.63) is 75.8 Å². The molecule has 1 aromatic heterocycles. The van der Waals surface area contributed by atoms with E-state index in [1.165, 1.54) is 17.0 Å². The van der Waals surface area contributed by atoms with Gasteiger partial charge in [-0.05, 0) is 54.2 Å². The van der Waals surface area contributed by atoms with E-state index >= 15 is 0 Å². The highest BCUT2D eigenvalue weighted by Crippen LogP contribution is 2.28. The molecule has 136 valence electrons. The number of aromatic nitrogens is 1. The summed E-state index contributed by atoms with van der Waals surface area (Å²) in [5, 5.41) is 4.35. The third-order valence-electron chi connectivity index (χ3n) is 4.52. The molecule has 1 aliphatic heterocycles. The zero-order chi connectivity index (χ0) is 19.1. The molecule has 0 spiro atoms. The molecule has 4 nitrogen and oxygen atoms in total. The van der Waals surface area contributed by atoms with Crippen molar-refractivity contribution in [1.29, 1.82) is 0 Å². The number of likely N-dealkylation sites (N-methyl/N-ethyl adjacent to an activating group) is 1. The van der Waals surface area contributed by atoms with Gasteiger partial charge in [0.05, 0.1) is 0 Å². The number of fused-ring (bicyclic) bond motifs is 1.